The molecule has 1 aliphatic rings. The molecule has 2 heterocycles. The summed E-state index contributed by atoms with van der Waals surface area (Å²) in [5.74, 6) is 1.63. The first-order valence-electron chi connectivity index (χ1n) is 9.83. The summed E-state index contributed by atoms with van der Waals surface area (Å²) in [7, 11) is 0. The molecule has 0 radical (unpaired) electrons. The largest absolute Gasteiger partial charge is 0.348 e. The maximum absolute atomic E-state index is 12.4. The van der Waals surface area contributed by atoms with Crippen molar-refractivity contribution in [1.29, 1.82) is 0 Å². The minimum Gasteiger partial charge on any atom is -0.348 e. The summed E-state index contributed by atoms with van der Waals surface area (Å²) in [5.41, 5.74) is 0.856. The molecule has 1 fully saturated rings. The maximum Gasteiger partial charge on any atom is 0.240 e. The van der Waals surface area contributed by atoms with E-state index in [4.69, 9.17) is 27.7 Å². The Labute approximate surface area is 181 Å². The van der Waals surface area contributed by atoms with E-state index in [1.165, 1.54) is 0 Å². The first-order chi connectivity index (χ1) is 13.8. The number of carbonyl (C=O) groups excluding carboxylic acids is 1. The second-order valence-corrected chi connectivity index (χ2v) is 8.55. The average Bonchev–Trinajstić information content (AvgIpc) is 3.12. The summed E-state index contributed by atoms with van der Waals surface area (Å²) >= 11 is 12.2. The molecule has 1 amide bonds. The number of aromatic nitrogens is 2. The molecule has 0 saturated carbocycles. The van der Waals surface area contributed by atoms with Crippen molar-refractivity contribution in [3.8, 4) is 0 Å². The molecule has 1 aromatic heterocycles. The van der Waals surface area contributed by atoms with Gasteiger partial charge in [-0.25, -0.2) is 0 Å². The van der Waals surface area contributed by atoms with Gasteiger partial charge in [0.05, 0.1) is 19.1 Å². The van der Waals surface area contributed by atoms with Crippen LogP contribution in [0.15, 0.2) is 22.7 Å². The molecule has 7 nitrogen and oxygen atoms in total. The minimum absolute atomic E-state index is 0.0181. The van der Waals surface area contributed by atoms with Gasteiger partial charge in [0.15, 0.2) is 5.82 Å². The van der Waals surface area contributed by atoms with E-state index in [0.29, 0.717) is 29.0 Å². The Morgan fingerprint density at radius 2 is 1.86 bits per heavy atom. The van der Waals surface area contributed by atoms with Crippen molar-refractivity contribution in [3.63, 3.8) is 0 Å². The number of nitrogens with zero attached hydrogens (tertiary/aromatic N) is 4. The number of amides is 1. The van der Waals surface area contributed by atoms with Gasteiger partial charge < -0.3 is 9.84 Å². The molecular formula is C20H27Cl2N5O2. The quantitative estimate of drug-likeness (QED) is 0.711. The number of rotatable bonds is 7. The lowest BCUT2D eigenvalue weighted by molar-refractivity contribution is -0.123. The molecular weight excluding hydrogens is 413 g/mol. The highest BCUT2D eigenvalue weighted by Crippen LogP contribution is 2.26. The SMILES string of the molecule is CC(C)c1noc(CN2CCN(CC(=O)NC(C)c3ccc(Cl)cc3Cl)CC2)n1. The highest BCUT2D eigenvalue weighted by molar-refractivity contribution is 6.35. The molecule has 1 N–H and O–H groups in total. The number of halogens is 2. The lowest BCUT2D eigenvalue weighted by atomic mass is 10.1. The molecule has 0 bridgehead atoms. The van der Waals surface area contributed by atoms with Gasteiger partial charge in [0.2, 0.25) is 11.8 Å². The van der Waals surface area contributed by atoms with Gasteiger partial charge in [0, 0.05) is 42.1 Å². The Morgan fingerprint density at radius 1 is 1.17 bits per heavy atom. The van der Waals surface area contributed by atoms with E-state index in [0.717, 1.165) is 37.6 Å². The summed E-state index contributed by atoms with van der Waals surface area (Å²) in [6.07, 6.45) is 0. The Balaban J connectivity index is 1.43. The van der Waals surface area contributed by atoms with Crippen molar-refractivity contribution in [2.24, 2.45) is 0 Å². The van der Waals surface area contributed by atoms with Crippen molar-refractivity contribution in [1.82, 2.24) is 25.3 Å². The molecule has 0 spiro atoms. The molecule has 2 aromatic rings. The third-order valence-corrected chi connectivity index (χ3v) is 5.56. The fourth-order valence-electron chi connectivity index (χ4n) is 3.28. The number of hydrogen-bond donors (Lipinski definition) is 1. The number of carbonyl (C=O) groups is 1. The Kier molecular flexibility index (Phi) is 7.51. The van der Waals surface area contributed by atoms with Gasteiger partial charge in [0.25, 0.3) is 0 Å². The van der Waals surface area contributed by atoms with Crippen molar-refractivity contribution < 1.29 is 9.32 Å². The highest BCUT2D eigenvalue weighted by atomic mass is 35.5. The van der Waals surface area contributed by atoms with Crippen LogP contribution in [0.1, 0.15) is 50.0 Å². The van der Waals surface area contributed by atoms with Crippen LogP contribution in [-0.4, -0.2) is 58.6 Å². The molecule has 29 heavy (non-hydrogen) atoms. The van der Waals surface area contributed by atoms with E-state index in [9.17, 15) is 4.79 Å². The smallest absolute Gasteiger partial charge is 0.240 e. The van der Waals surface area contributed by atoms with Crippen molar-refractivity contribution >= 4 is 29.1 Å². The van der Waals surface area contributed by atoms with Crippen LogP contribution in [0.25, 0.3) is 0 Å². The zero-order valence-electron chi connectivity index (χ0n) is 17.0. The fourth-order valence-corrected chi connectivity index (χ4v) is 3.86. The first-order valence-corrected chi connectivity index (χ1v) is 10.6. The number of piperazine rings is 1. The Hall–Kier alpha value is -1.67. The third kappa shape index (κ3) is 6.15. The number of nitrogens with one attached hydrogen (secondary N) is 1. The predicted octanol–water partition coefficient (Wildman–Crippen LogP) is 3.49. The maximum atomic E-state index is 12.4. The van der Waals surface area contributed by atoms with E-state index in [2.05, 4.69) is 25.3 Å². The number of benzene rings is 1. The second-order valence-electron chi connectivity index (χ2n) is 7.71. The lowest BCUT2D eigenvalue weighted by Crippen LogP contribution is -2.49. The monoisotopic (exact) mass is 439 g/mol. The molecule has 1 saturated heterocycles. The molecule has 158 valence electrons. The second kappa shape index (κ2) is 9.89. The summed E-state index contributed by atoms with van der Waals surface area (Å²) in [6.45, 7) is 10.3. The molecule has 1 aliphatic heterocycles. The lowest BCUT2D eigenvalue weighted by Gasteiger charge is -2.33. The van der Waals surface area contributed by atoms with Crippen molar-refractivity contribution in [2.75, 3.05) is 32.7 Å². The van der Waals surface area contributed by atoms with E-state index < -0.39 is 0 Å². The van der Waals surface area contributed by atoms with Crippen molar-refractivity contribution in [3.05, 3.63) is 45.5 Å². The third-order valence-electron chi connectivity index (χ3n) is 5.00. The number of hydrogen-bond acceptors (Lipinski definition) is 6. The van der Waals surface area contributed by atoms with Gasteiger partial charge >= 0.3 is 0 Å². The van der Waals surface area contributed by atoms with Crippen LogP contribution in [0.3, 0.4) is 0 Å². The topological polar surface area (TPSA) is 74.5 Å². The Morgan fingerprint density at radius 3 is 2.48 bits per heavy atom. The highest BCUT2D eigenvalue weighted by Gasteiger charge is 2.22. The molecule has 3 rings (SSSR count). The van der Waals surface area contributed by atoms with Gasteiger partial charge in [-0.2, -0.15) is 4.98 Å². The molecule has 1 unspecified atom stereocenters. The van der Waals surface area contributed by atoms with Crippen LogP contribution in [0, 0.1) is 0 Å². The van der Waals surface area contributed by atoms with Crippen LogP contribution < -0.4 is 5.32 Å². The summed E-state index contributed by atoms with van der Waals surface area (Å²) in [5, 5.41) is 8.16. The van der Waals surface area contributed by atoms with Gasteiger partial charge in [0.1, 0.15) is 0 Å². The van der Waals surface area contributed by atoms with Crippen LogP contribution in [0.5, 0.6) is 0 Å². The molecule has 9 heteroatoms. The van der Waals surface area contributed by atoms with Gasteiger partial charge in [-0.1, -0.05) is 48.3 Å². The van der Waals surface area contributed by atoms with E-state index >= 15 is 0 Å². The molecule has 0 aliphatic carbocycles. The summed E-state index contributed by atoms with van der Waals surface area (Å²) < 4.78 is 5.32. The zero-order valence-corrected chi connectivity index (χ0v) is 18.5. The molecule has 1 atom stereocenters. The average molecular weight is 440 g/mol. The van der Waals surface area contributed by atoms with Crippen LogP contribution >= 0.6 is 23.2 Å². The van der Waals surface area contributed by atoms with Crippen molar-refractivity contribution in [2.45, 2.75) is 39.3 Å². The summed E-state index contributed by atoms with van der Waals surface area (Å²) in [6, 6.07) is 5.13. The van der Waals surface area contributed by atoms with Crippen LogP contribution in [0.2, 0.25) is 10.0 Å². The van der Waals surface area contributed by atoms with Gasteiger partial charge in [-0.3, -0.25) is 14.6 Å². The van der Waals surface area contributed by atoms with E-state index in [1.807, 2.05) is 26.8 Å². The summed E-state index contributed by atoms with van der Waals surface area (Å²) in [4.78, 5) is 21.3. The first kappa shape index (κ1) is 22.0. The Bertz CT molecular complexity index is 834. The van der Waals surface area contributed by atoms with E-state index in [-0.39, 0.29) is 17.9 Å². The zero-order chi connectivity index (χ0) is 21.0. The van der Waals surface area contributed by atoms with Gasteiger partial charge in [-0.15, -0.1) is 0 Å². The minimum atomic E-state index is -0.179. The predicted molar refractivity (Wildman–Crippen MR) is 113 cm³/mol. The van der Waals surface area contributed by atoms with Crippen LogP contribution in [0.4, 0.5) is 0 Å². The standard InChI is InChI=1S/C20H27Cl2N5O2/c1-13(2)20-24-19(29-25-20)12-27-8-6-26(7-9-27)11-18(28)23-14(3)16-5-4-15(21)10-17(16)22/h4-5,10,13-14H,6-9,11-12H2,1-3H3,(H,23,28). The van der Waals surface area contributed by atoms with E-state index in [1.54, 1.807) is 12.1 Å². The molecule has 1 aromatic carbocycles. The fraction of sp³-hybridized carbons (Fsp3) is 0.550. The normalized spacial score (nSPS) is 16.9. The van der Waals surface area contributed by atoms with Gasteiger partial charge in [-0.05, 0) is 24.6 Å². The van der Waals surface area contributed by atoms with Crippen LogP contribution in [-0.2, 0) is 11.3 Å².